The van der Waals surface area contributed by atoms with Gasteiger partial charge >= 0.3 is 5.97 Å². The Labute approximate surface area is 151 Å². The van der Waals surface area contributed by atoms with Crippen LogP contribution in [0.5, 0.6) is 0 Å². The second-order valence-electron chi connectivity index (χ2n) is 7.34. The van der Waals surface area contributed by atoms with Crippen molar-refractivity contribution in [2.75, 3.05) is 14.2 Å². The number of rotatable bonds is 9. The molecule has 0 aliphatic rings. The number of carbonyl (C=O) groups excluding carboxylic acids is 1. The van der Waals surface area contributed by atoms with Crippen LogP contribution in [0.15, 0.2) is 24.3 Å². The SMILES string of the molecule is COC(OC)C(CCCc1ccc(C(=O)OC(C)(C)C)cc1)C(C)O. The molecule has 0 aliphatic heterocycles. The molecule has 0 aromatic heterocycles. The second kappa shape index (κ2) is 9.90. The molecule has 1 aromatic rings. The highest BCUT2D eigenvalue weighted by atomic mass is 16.7. The van der Waals surface area contributed by atoms with Gasteiger partial charge in [0.25, 0.3) is 0 Å². The van der Waals surface area contributed by atoms with Crippen molar-refractivity contribution in [2.24, 2.45) is 5.92 Å². The number of carbonyl (C=O) groups is 1. The van der Waals surface area contributed by atoms with Crippen molar-refractivity contribution >= 4 is 5.97 Å². The number of hydrogen-bond donors (Lipinski definition) is 1. The van der Waals surface area contributed by atoms with E-state index in [1.165, 1.54) is 0 Å². The van der Waals surface area contributed by atoms with E-state index in [-0.39, 0.29) is 11.9 Å². The average molecular weight is 352 g/mol. The van der Waals surface area contributed by atoms with E-state index >= 15 is 0 Å². The van der Waals surface area contributed by atoms with Gasteiger partial charge in [-0.1, -0.05) is 12.1 Å². The number of esters is 1. The molecule has 0 saturated heterocycles. The topological polar surface area (TPSA) is 65.0 Å². The maximum absolute atomic E-state index is 12.0. The Morgan fingerprint density at radius 2 is 1.68 bits per heavy atom. The third-order valence-electron chi connectivity index (χ3n) is 4.03. The Bertz CT molecular complexity index is 512. The first kappa shape index (κ1) is 21.6. The minimum absolute atomic E-state index is 0.0731. The van der Waals surface area contributed by atoms with Gasteiger partial charge in [0.2, 0.25) is 0 Å². The van der Waals surface area contributed by atoms with Gasteiger partial charge in [0.05, 0.1) is 11.7 Å². The fourth-order valence-corrected chi connectivity index (χ4v) is 2.74. The number of ether oxygens (including phenoxy) is 3. The molecule has 0 radical (unpaired) electrons. The van der Waals surface area contributed by atoms with Crippen LogP contribution in [0.3, 0.4) is 0 Å². The molecule has 1 aromatic carbocycles. The standard InChI is InChI=1S/C20H32O5/c1-14(21)17(19(23-5)24-6)9-7-8-15-10-12-16(13-11-15)18(22)25-20(2,3)4/h10-14,17,19,21H,7-9H2,1-6H3. The van der Waals surface area contributed by atoms with E-state index in [1.807, 2.05) is 32.9 Å². The molecule has 0 saturated carbocycles. The fourth-order valence-electron chi connectivity index (χ4n) is 2.74. The summed E-state index contributed by atoms with van der Waals surface area (Å²) >= 11 is 0. The van der Waals surface area contributed by atoms with Gasteiger partial charge in [0.15, 0.2) is 6.29 Å². The van der Waals surface area contributed by atoms with Crippen LogP contribution in [-0.2, 0) is 20.6 Å². The van der Waals surface area contributed by atoms with Gasteiger partial charge in [-0.3, -0.25) is 0 Å². The highest BCUT2D eigenvalue weighted by Gasteiger charge is 2.25. The van der Waals surface area contributed by atoms with Crippen molar-refractivity contribution in [3.63, 3.8) is 0 Å². The van der Waals surface area contributed by atoms with Crippen molar-refractivity contribution in [2.45, 2.75) is 65.0 Å². The monoisotopic (exact) mass is 352 g/mol. The lowest BCUT2D eigenvalue weighted by Gasteiger charge is -2.27. The molecule has 5 nitrogen and oxygen atoms in total. The lowest BCUT2D eigenvalue weighted by atomic mass is 9.94. The third kappa shape index (κ3) is 7.55. The van der Waals surface area contributed by atoms with Crippen LogP contribution in [0.25, 0.3) is 0 Å². The number of aliphatic hydroxyl groups is 1. The summed E-state index contributed by atoms with van der Waals surface area (Å²) in [6.45, 7) is 7.31. The Morgan fingerprint density at radius 3 is 2.12 bits per heavy atom. The largest absolute Gasteiger partial charge is 0.456 e. The first-order valence-corrected chi connectivity index (χ1v) is 8.74. The number of aliphatic hydroxyl groups excluding tert-OH is 1. The average Bonchev–Trinajstić information content (AvgIpc) is 2.53. The van der Waals surface area contributed by atoms with Gasteiger partial charge in [-0.2, -0.15) is 0 Å². The van der Waals surface area contributed by atoms with Crippen LogP contribution in [0.4, 0.5) is 0 Å². The van der Waals surface area contributed by atoms with E-state index in [0.29, 0.717) is 5.56 Å². The van der Waals surface area contributed by atoms with E-state index in [1.54, 1.807) is 33.3 Å². The van der Waals surface area contributed by atoms with E-state index < -0.39 is 18.0 Å². The molecule has 0 bridgehead atoms. The molecule has 0 amide bonds. The summed E-state index contributed by atoms with van der Waals surface area (Å²) in [6.07, 6.45) is 1.63. The van der Waals surface area contributed by atoms with Gasteiger partial charge in [0.1, 0.15) is 5.60 Å². The van der Waals surface area contributed by atoms with Crippen LogP contribution in [-0.4, -0.2) is 43.3 Å². The second-order valence-corrected chi connectivity index (χ2v) is 7.34. The van der Waals surface area contributed by atoms with Gasteiger partial charge in [-0.25, -0.2) is 4.79 Å². The third-order valence-corrected chi connectivity index (χ3v) is 4.03. The fraction of sp³-hybridized carbons (Fsp3) is 0.650. The zero-order chi connectivity index (χ0) is 19.0. The molecule has 142 valence electrons. The minimum Gasteiger partial charge on any atom is -0.456 e. The summed E-state index contributed by atoms with van der Waals surface area (Å²) in [7, 11) is 3.16. The Balaban J connectivity index is 2.57. The molecule has 1 N–H and O–H groups in total. The van der Waals surface area contributed by atoms with Gasteiger partial charge in [0, 0.05) is 20.1 Å². The predicted molar refractivity (Wildman–Crippen MR) is 97.5 cm³/mol. The molecule has 1 rings (SSSR count). The predicted octanol–water partition coefficient (Wildman–Crippen LogP) is 3.58. The molecule has 0 fully saturated rings. The first-order valence-electron chi connectivity index (χ1n) is 8.74. The van der Waals surface area contributed by atoms with Crippen molar-refractivity contribution in [1.82, 2.24) is 0 Å². The van der Waals surface area contributed by atoms with E-state index in [0.717, 1.165) is 24.8 Å². The van der Waals surface area contributed by atoms with Crippen molar-refractivity contribution in [3.05, 3.63) is 35.4 Å². The number of hydrogen-bond acceptors (Lipinski definition) is 5. The van der Waals surface area contributed by atoms with Crippen LogP contribution < -0.4 is 0 Å². The summed E-state index contributed by atoms with van der Waals surface area (Å²) < 4.78 is 15.9. The van der Waals surface area contributed by atoms with Gasteiger partial charge in [-0.15, -0.1) is 0 Å². The van der Waals surface area contributed by atoms with Crippen LogP contribution >= 0.6 is 0 Å². The normalized spacial score (nSPS) is 14.4. The number of aryl methyl sites for hydroxylation is 1. The summed E-state index contributed by atoms with van der Waals surface area (Å²) in [5.41, 5.74) is 1.20. The molecule has 0 aliphatic carbocycles. The zero-order valence-electron chi connectivity index (χ0n) is 16.2. The molecule has 25 heavy (non-hydrogen) atoms. The van der Waals surface area contributed by atoms with Crippen LogP contribution in [0, 0.1) is 5.92 Å². The summed E-state index contributed by atoms with van der Waals surface area (Å²) in [6, 6.07) is 7.48. The maximum Gasteiger partial charge on any atom is 0.338 e. The zero-order valence-corrected chi connectivity index (χ0v) is 16.2. The highest BCUT2D eigenvalue weighted by Crippen LogP contribution is 2.21. The molecule has 5 heteroatoms. The molecule has 0 spiro atoms. The number of methoxy groups -OCH3 is 2. The van der Waals surface area contributed by atoms with Crippen molar-refractivity contribution in [1.29, 1.82) is 0 Å². The maximum atomic E-state index is 12.0. The molecular formula is C20H32O5. The van der Waals surface area contributed by atoms with Gasteiger partial charge < -0.3 is 19.3 Å². The highest BCUT2D eigenvalue weighted by molar-refractivity contribution is 5.89. The minimum atomic E-state index is -0.501. The summed E-state index contributed by atoms with van der Waals surface area (Å²) in [5.74, 6) is -0.382. The first-order chi connectivity index (χ1) is 11.7. The Kier molecular flexibility index (Phi) is 8.56. The van der Waals surface area contributed by atoms with Crippen molar-refractivity contribution < 1.29 is 24.1 Å². The molecule has 0 heterocycles. The lowest BCUT2D eigenvalue weighted by Crippen LogP contribution is -2.33. The van der Waals surface area contributed by atoms with E-state index in [4.69, 9.17) is 14.2 Å². The summed E-state index contributed by atoms with van der Waals surface area (Å²) in [4.78, 5) is 12.0. The van der Waals surface area contributed by atoms with Gasteiger partial charge in [-0.05, 0) is 64.7 Å². The summed E-state index contributed by atoms with van der Waals surface area (Å²) in [5, 5.41) is 9.92. The number of benzene rings is 1. The molecule has 2 atom stereocenters. The molecule has 2 unspecified atom stereocenters. The smallest absolute Gasteiger partial charge is 0.338 e. The lowest BCUT2D eigenvalue weighted by molar-refractivity contribution is -0.160. The quantitative estimate of drug-likeness (QED) is 0.543. The van der Waals surface area contributed by atoms with Crippen LogP contribution in [0.1, 0.15) is 56.5 Å². The van der Waals surface area contributed by atoms with Crippen molar-refractivity contribution in [3.8, 4) is 0 Å². The molecular weight excluding hydrogens is 320 g/mol. The Hall–Kier alpha value is -1.43. The van der Waals surface area contributed by atoms with E-state index in [2.05, 4.69) is 0 Å². The Morgan fingerprint density at radius 1 is 1.12 bits per heavy atom. The van der Waals surface area contributed by atoms with Crippen LogP contribution in [0.2, 0.25) is 0 Å². The van der Waals surface area contributed by atoms with E-state index in [9.17, 15) is 9.90 Å².